The maximum Gasteiger partial charge on any atom is 0.258 e. The number of nitrogens with one attached hydrogen (secondary N) is 1. The van der Waals surface area contributed by atoms with E-state index in [2.05, 4.69) is 5.32 Å². The number of imide groups is 1. The van der Waals surface area contributed by atoms with Crippen LogP contribution in [0.4, 0.5) is 0 Å². The third-order valence-electron chi connectivity index (χ3n) is 2.42. The Morgan fingerprint density at radius 1 is 1.13 bits per heavy atom. The first-order valence-electron chi connectivity index (χ1n) is 4.82. The van der Waals surface area contributed by atoms with Gasteiger partial charge in [-0.1, -0.05) is 6.07 Å². The molecule has 0 aliphatic carbocycles. The Hall–Kier alpha value is -1.68. The maximum absolute atomic E-state index is 11.3. The number of hydrogen-bond donors (Lipinski definition) is 2. The van der Waals surface area contributed by atoms with Crippen LogP contribution in [0.25, 0.3) is 0 Å². The summed E-state index contributed by atoms with van der Waals surface area (Å²) in [6.07, 6.45) is 1.37. The van der Waals surface area contributed by atoms with E-state index in [1.54, 1.807) is 12.1 Å². The highest BCUT2D eigenvalue weighted by molar-refractivity contribution is 6.21. The molecule has 1 aromatic rings. The molecule has 0 saturated carbocycles. The Morgan fingerprint density at radius 3 is 2.60 bits per heavy atom. The van der Waals surface area contributed by atoms with Gasteiger partial charge in [-0.05, 0) is 30.5 Å². The molecule has 2 rings (SSSR count). The van der Waals surface area contributed by atoms with Gasteiger partial charge in [-0.15, -0.1) is 0 Å². The first-order chi connectivity index (χ1) is 7.22. The van der Waals surface area contributed by atoms with Gasteiger partial charge in [0.25, 0.3) is 11.8 Å². The van der Waals surface area contributed by atoms with Crippen LogP contribution >= 0.6 is 0 Å². The number of hydrogen-bond acceptors (Lipinski definition) is 3. The van der Waals surface area contributed by atoms with Gasteiger partial charge < -0.3 is 5.11 Å². The van der Waals surface area contributed by atoms with Crippen molar-refractivity contribution in [1.82, 2.24) is 5.32 Å². The zero-order chi connectivity index (χ0) is 10.8. The van der Waals surface area contributed by atoms with E-state index in [1.165, 1.54) is 0 Å². The summed E-state index contributed by atoms with van der Waals surface area (Å²) in [5.41, 5.74) is 1.84. The molecule has 0 radical (unpaired) electrons. The Bertz CT molecular complexity index is 426. The molecule has 0 bridgehead atoms. The molecule has 2 amide bonds. The summed E-state index contributed by atoms with van der Waals surface area (Å²) in [7, 11) is 0. The molecule has 4 heteroatoms. The molecule has 0 saturated heterocycles. The summed E-state index contributed by atoms with van der Waals surface area (Å²) in [5, 5.41) is 10.9. The van der Waals surface area contributed by atoms with Gasteiger partial charge in [0.05, 0.1) is 11.1 Å². The van der Waals surface area contributed by atoms with Gasteiger partial charge in [0.1, 0.15) is 0 Å². The molecule has 0 unspecified atom stereocenters. The minimum Gasteiger partial charge on any atom is -0.396 e. The molecule has 1 aliphatic rings. The first-order valence-corrected chi connectivity index (χ1v) is 4.82. The number of carbonyl (C=O) groups is 2. The monoisotopic (exact) mass is 205 g/mol. The van der Waals surface area contributed by atoms with Crippen LogP contribution in [-0.4, -0.2) is 23.5 Å². The van der Waals surface area contributed by atoms with E-state index in [4.69, 9.17) is 5.11 Å². The van der Waals surface area contributed by atoms with Gasteiger partial charge in [0, 0.05) is 6.61 Å². The molecule has 2 N–H and O–H groups in total. The van der Waals surface area contributed by atoms with Crippen LogP contribution in [0.3, 0.4) is 0 Å². The third-order valence-corrected chi connectivity index (χ3v) is 2.42. The second-order valence-electron chi connectivity index (χ2n) is 3.49. The van der Waals surface area contributed by atoms with Crippen LogP contribution in [0.2, 0.25) is 0 Å². The van der Waals surface area contributed by atoms with Crippen LogP contribution in [-0.2, 0) is 6.42 Å². The fourth-order valence-electron chi connectivity index (χ4n) is 1.65. The van der Waals surface area contributed by atoms with Crippen LogP contribution in [0.5, 0.6) is 0 Å². The maximum atomic E-state index is 11.3. The summed E-state index contributed by atoms with van der Waals surface area (Å²) >= 11 is 0. The van der Waals surface area contributed by atoms with E-state index in [1.807, 2.05) is 6.07 Å². The lowest BCUT2D eigenvalue weighted by atomic mass is 10.0. The van der Waals surface area contributed by atoms with Gasteiger partial charge in [0.2, 0.25) is 0 Å². The van der Waals surface area contributed by atoms with Crippen molar-refractivity contribution in [2.75, 3.05) is 6.61 Å². The van der Waals surface area contributed by atoms with Gasteiger partial charge in [-0.25, -0.2) is 0 Å². The Balaban J connectivity index is 2.30. The molecule has 0 fully saturated rings. The minimum absolute atomic E-state index is 0.127. The SMILES string of the molecule is O=C1NC(=O)c2cc(CCCO)ccc21. The number of carbonyl (C=O) groups excluding carboxylic acids is 2. The summed E-state index contributed by atoms with van der Waals surface area (Å²) < 4.78 is 0. The van der Waals surface area contributed by atoms with Crippen LogP contribution in [0.15, 0.2) is 18.2 Å². The molecule has 1 heterocycles. The van der Waals surface area contributed by atoms with Crippen molar-refractivity contribution in [2.45, 2.75) is 12.8 Å². The van der Waals surface area contributed by atoms with Crippen LogP contribution < -0.4 is 5.32 Å². The molecule has 0 spiro atoms. The zero-order valence-electron chi connectivity index (χ0n) is 8.12. The molecule has 1 aromatic carbocycles. The van der Waals surface area contributed by atoms with Crippen molar-refractivity contribution in [1.29, 1.82) is 0 Å². The predicted molar refractivity (Wildman–Crippen MR) is 53.6 cm³/mol. The molecule has 0 aromatic heterocycles. The molecule has 4 nitrogen and oxygen atoms in total. The fourth-order valence-corrected chi connectivity index (χ4v) is 1.65. The topological polar surface area (TPSA) is 66.4 Å². The van der Waals surface area contributed by atoms with E-state index in [9.17, 15) is 9.59 Å². The Kier molecular flexibility index (Phi) is 2.51. The number of aliphatic hydroxyl groups excluding tert-OH is 1. The van der Waals surface area contributed by atoms with Crippen molar-refractivity contribution in [3.8, 4) is 0 Å². The Morgan fingerprint density at radius 2 is 1.87 bits per heavy atom. The smallest absolute Gasteiger partial charge is 0.258 e. The lowest BCUT2D eigenvalue weighted by molar-refractivity contribution is 0.0879. The van der Waals surface area contributed by atoms with Gasteiger partial charge in [0.15, 0.2) is 0 Å². The third kappa shape index (κ3) is 1.76. The number of fused-ring (bicyclic) bond motifs is 1. The molecule has 15 heavy (non-hydrogen) atoms. The number of aliphatic hydroxyl groups is 1. The van der Waals surface area contributed by atoms with Crippen molar-refractivity contribution >= 4 is 11.8 Å². The van der Waals surface area contributed by atoms with Crippen LogP contribution in [0.1, 0.15) is 32.7 Å². The van der Waals surface area contributed by atoms with Crippen molar-refractivity contribution in [3.63, 3.8) is 0 Å². The van der Waals surface area contributed by atoms with E-state index in [-0.39, 0.29) is 18.4 Å². The van der Waals surface area contributed by atoms with Crippen molar-refractivity contribution < 1.29 is 14.7 Å². The van der Waals surface area contributed by atoms with Gasteiger partial charge >= 0.3 is 0 Å². The zero-order valence-corrected chi connectivity index (χ0v) is 8.12. The highest BCUT2D eigenvalue weighted by Gasteiger charge is 2.26. The van der Waals surface area contributed by atoms with E-state index >= 15 is 0 Å². The number of aryl methyl sites for hydroxylation is 1. The quantitative estimate of drug-likeness (QED) is 0.706. The summed E-state index contributed by atoms with van der Waals surface area (Å²) in [4.78, 5) is 22.5. The van der Waals surface area contributed by atoms with E-state index in [0.717, 1.165) is 5.56 Å². The van der Waals surface area contributed by atoms with Crippen LogP contribution in [0, 0.1) is 0 Å². The van der Waals surface area contributed by atoms with E-state index in [0.29, 0.717) is 24.0 Å². The fraction of sp³-hybridized carbons (Fsp3) is 0.273. The summed E-state index contributed by atoms with van der Waals surface area (Å²) in [6.45, 7) is 0.127. The lowest BCUT2D eigenvalue weighted by Gasteiger charge is -2.00. The normalized spacial score (nSPS) is 13.9. The molecule has 1 aliphatic heterocycles. The van der Waals surface area contributed by atoms with Gasteiger partial charge in [-0.3, -0.25) is 14.9 Å². The lowest BCUT2D eigenvalue weighted by Crippen LogP contribution is -2.19. The molecule has 0 atom stereocenters. The second-order valence-corrected chi connectivity index (χ2v) is 3.49. The number of benzene rings is 1. The predicted octanol–water partition coefficient (Wildman–Crippen LogP) is 0.495. The average Bonchev–Trinajstić information content (AvgIpc) is 2.52. The summed E-state index contributed by atoms with van der Waals surface area (Å²) in [5.74, 6) is -0.662. The standard InChI is InChI=1S/C11H11NO3/c13-5-1-2-7-3-4-8-9(6-7)11(15)12-10(8)14/h3-4,6,13H,1-2,5H2,(H,12,14,15). The number of amides is 2. The van der Waals surface area contributed by atoms with E-state index < -0.39 is 0 Å². The molecular formula is C11H11NO3. The molecule has 78 valence electrons. The minimum atomic E-state index is -0.333. The molecular weight excluding hydrogens is 194 g/mol. The largest absolute Gasteiger partial charge is 0.396 e. The van der Waals surface area contributed by atoms with Gasteiger partial charge in [-0.2, -0.15) is 0 Å². The highest BCUT2D eigenvalue weighted by Crippen LogP contribution is 2.17. The van der Waals surface area contributed by atoms with Crippen molar-refractivity contribution in [2.24, 2.45) is 0 Å². The Labute approximate surface area is 86.9 Å². The summed E-state index contributed by atoms with van der Waals surface area (Å²) in [6, 6.07) is 5.18. The number of rotatable bonds is 3. The average molecular weight is 205 g/mol. The first kappa shape index (κ1) is 9.86. The second kappa shape index (κ2) is 3.82. The highest BCUT2D eigenvalue weighted by atomic mass is 16.3. The van der Waals surface area contributed by atoms with Crippen molar-refractivity contribution in [3.05, 3.63) is 34.9 Å².